The molecule has 98 valence electrons. The quantitative estimate of drug-likeness (QED) is 0.787. The lowest BCUT2D eigenvalue weighted by atomic mass is 10.00. The molecule has 0 amide bonds. The van der Waals surface area contributed by atoms with Gasteiger partial charge >= 0.3 is 0 Å². The van der Waals surface area contributed by atoms with Crippen LogP contribution in [0.3, 0.4) is 0 Å². The number of hydrogen-bond acceptors (Lipinski definition) is 3. The monoisotopic (exact) mass is 261 g/mol. The number of aromatic nitrogens is 2. The molecule has 3 nitrogen and oxygen atoms in total. The number of nitrogens with two attached hydrogens (primary N) is 1. The fourth-order valence-corrected chi connectivity index (χ4v) is 2.16. The molecular weight excluding hydrogens is 246 g/mol. The van der Waals surface area contributed by atoms with Crippen molar-refractivity contribution in [2.24, 2.45) is 5.73 Å². The molecule has 0 radical (unpaired) electrons. The molecule has 1 heterocycles. The average Bonchev–Trinajstić information content (AvgIpc) is 2.56. The summed E-state index contributed by atoms with van der Waals surface area (Å²) in [5.41, 5.74) is 10.4. The zero-order chi connectivity index (χ0) is 13.8. The minimum absolute atomic E-state index is 0.242. The molecule has 2 aromatic carbocycles. The van der Waals surface area contributed by atoms with E-state index in [4.69, 9.17) is 5.73 Å². The Morgan fingerprint density at radius 1 is 0.800 bits per heavy atom. The zero-order valence-corrected chi connectivity index (χ0v) is 11.0. The molecule has 3 aromatic rings. The minimum atomic E-state index is -0.242. The van der Waals surface area contributed by atoms with E-state index in [-0.39, 0.29) is 6.04 Å². The van der Waals surface area contributed by atoms with Crippen molar-refractivity contribution in [3.63, 3.8) is 0 Å². The van der Waals surface area contributed by atoms with Crippen LogP contribution in [0.4, 0.5) is 0 Å². The van der Waals surface area contributed by atoms with Gasteiger partial charge in [-0.2, -0.15) is 0 Å². The molecule has 0 saturated heterocycles. The van der Waals surface area contributed by atoms with Crippen LogP contribution < -0.4 is 5.73 Å². The standard InChI is InChI=1S/C17H15N3/c18-17(16-12-19-10-11-20-16)15-8-6-14(7-9-15)13-4-2-1-3-5-13/h1-12,17H,18H2. The first-order valence-corrected chi connectivity index (χ1v) is 6.51. The van der Waals surface area contributed by atoms with Crippen molar-refractivity contribution in [2.75, 3.05) is 0 Å². The SMILES string of the molecule is NC(c1ccc(-c2ccccc2)cc1)c1cnccn1. The molecule has 0 aliphatic rings. The largest absolute Gasteiger partial charge is 0.319 e. The molecule has 0 aliphatic carbocycles. The van der Waals surface area contributed by atoms with Crippen molar-refractivity contribution in [1.29, 1.82) is 0 Å². The van der Waals surface area contributed by atoms with Crippen LogP contribution >= 0.6 is 0 Å². The molecule has 0 aliphatic heterocycles. The van der Waals surface area contributed by atoms with E-state index in [9.17, 15) is 0 Å². The van der Waals surface area contributed by atoms with Gasteiger partial charge in [0.1, 0.15) is 0 Å². The van der Waals surface area contributed by atoms with Crippen molar-refractivity contribution < 1.29 is 0 Å². The van der Waals surface area contributed by atoms with E-state index in [2.05, 4.69) is 34.2 Å². The molecule has 1 unspecified atom stereocenters. The highest BCUT2D eigenvalue weighted by Crippen LogP contribution is 2.23. The Morgan fingerprint density at radius 2 is 1.50 bits per heavy atom. The molecule has 0 bridgehead atoms. The molecule has 1 atom stereocenters. The fourth-order valence-electron chi connectivity index (χ4n) is 2.16. The maximum atomic E-state index is 6.20. The van der Waals surface area contributed by atoms with Crippen LogP contribution in [0.15, 0.2) is 73.2 Å². The minimum Gasteiger partial charge on any atom is -0.319 e. The van der Waals surface area contributed by atoms with Crippen molar-refractivity contribution in [1.82, 2.24) is 9.97 Å². The molecule has 1 aromatic heterocycles. The summed E-state index contributed by atoms with van der Waals surface area (Å²) >= 11 is 0. The summed E-state index contributed by atoms with van der Waals surface area (Å²) in [6, 6.07) is 18.3. The summed E-state index contributed by atoms with van der Waals surface area (Å²) in [6.07, 6.45) is 5.01. The van der Waals surface area contributed by atoms with Gasteiger partial charge in [0, 0.05) is 12.4 Å². The van der Waals surface area contributed by atoms with Crippen molar-refractivity contribution in [3.05, 3.63) is 84.4 Å². The summed E-state index contributed by atoms with van der Waals surface area (Å²) in [6.45, 7) is 0. The highest BCUT2D eigenvalue weighted by molar-refractivity contribution is 5.63. The predicted octanol–water partition coefficient (Wildman–Crippen LogP) is 3.19. The van der Waals surface area contributed by atoms with Gasteiger partial charge in [-0.05, 0) is 16.7 Å². The third-order valence-corrected chi connectivity index (χ3v) is 3.28. The fraction of sp³-hybridized carbons (Fsp3) is 0.0588. The van der Waals surface area contributed by atoms with E-state index in [1.165, 1.54) is 11.1 Å². The first kappa shape index (κ1) is 12.5. The van der Waals surface area contributed by atoms with Crippen molar-refractivity contribution in [3.8, 4) is 11.1 Å². The molecule has 20 heavy (non-hydrogen) atoms. The normalized spacial score (nSPS) is 12.1. The lowest BCUT2D eigenvalue weighted by molar-refractivity contribution is 0.818. The zero-order valence-electron chi connectivity index (χ0n) is 11.0. The lowest BCUT2D eigenvalue weighted by Gasteiger charge is -2.11. The number of benzene rings is 2. The Labute approximate surface area is 118 Å². The number of nitrogens with zero attached hydrogens (tertiary/aromatic N) is 2. The molecule has 0 saturated carbocycles. The summed E-state index contributed by atoms with van der Waals surface area (Å²) in [7, 11) is 0. The van der Waals surface area contributed by atoms with Crippen LogP contribution in [0.1, 0.15) is 17.3 Å². The summed E-state index contributed by atoms with van der Waals surface area (Å²) < 4.78 is 0. The predicted molar refractivity (Wildman–Crippen MR) is 79.9 cm³/mol. The Bertz CT molecular complexity index is 664. The maximum absolute atomic E-state index is 6.20. The average molecular weight is 261 g/mol. The second-order valence-electron chi connectivity index (χ2n) is 4.60. The molecular formula is C17H15N3. The number of hydrogen-bond donors (Lipinski definition) is 1. The van der Waals surface area contributed by atoms with Gasteiger partial charge in [0.05, 0.1) is 17.9 Å². The third kappa shape index (κ3) is 2.58. The first-order chi connectivity index (χ1) is 9.84. The Balaban J connectivity index is 1.87. The van der Waals surface area contributed by atoms with Crippen LogP contribution in [0.5, 0.6) is 0 Å². The molecule has 0 fully saturated rings. The number of rotatable bonds is 3. The lowest BCUT2D eigenvalue weighted by Crippen LogP contribution is -2.13. The first-order valence-electron chi connectivity index (χ1n) is 6.51. The van der Waals surface area contributed by atoms with Gasteiger partial charge in [-0.25, -0.2) is 0 Å². The van der Waals surface area contributed by atoms with Gasteiger partial charge in [-0.3, -0.25) is 9.97 Å². The van der Waals surface area contributed by atoms with Gasteiger partial charge < -0.3 is 5.73 Å². The van der Waals surface area contributed by atoms with Crippen LogP contribution in [0.25, 0.3) is 11.1 Å². The van der Waals surface area contributed by atoms with Crippen LogP contribution in [0, 0.1) is 0 Å². The Kier molecular flexibility index (Phi) is 3.52. The topological polar surface area (TPSA) is 51.8 Å². The maximum Gasteiger partial charge on any atom is 0.0799 e. The van der Waals surface area contributed by atoms with Crippen LogP contribution in [-0.2, 0) is 0 Å². The van der Waals surface area contributed by atoms with Gasteiger partial charge in [-0.15, -0.1) is 0 Å². The van der Waals surface area contributed by atoms with Crippen molar-refractivity contribution in [2.45, 2.75) is 6.04 Å². The highest BCUT2D eigenvalue weighted by atomic mass is 14.8. The van der Waals surface area contributed by atoms with Gasteiger partial charge in [0.15, 0.2) is 0 Å². The van der Waals surface area contributed by atoms with E-state index >= 15 is 0 Å². The third-order valence-electron chi connectivity index (χ3n) is 3.28. The van der Waals surface area contributed by atoms with Gasteiger partial charge in [0.25, 0.3) is 0 Å². The van der Waals surface area contributed by atoms with Crippen molar-refractivity contribution >= 4 is 0 Å². The van der Waals surface area contributed by atoms with Crippen LogP contribution in [-0.4, -0.2) is 9.97 Å². The van der Waals surface area contributed by atoms with E-state index in [1.807, 2.05) is 30.3 Å². The Morgan fingerprint density at radius 3 is 2.15 bits per heavy atom. The molecule has 3 heteroatoms. The summed E-state index contributed by atoms with van der Waals surface area (Å²) in [5, 5.41) is 0. The van der Waals surface area contributed by atoms with E-state index in [0.29, 0.717) is 0 Å². The van der Waals surface area contributed by atoms with Gasteiger partial charge in [0.2, 0.25) is 0 Å². The van der Waals surface area contributed by atoms with E-state index in [1.54, 1.807) is 18.6 Å². The van der Waals surface area contributed by atoms with Gasteiger partial charge in [-0.1, -0.05) is 54.6 Å². The second-order valence-corrected chi connectivity index (χ2v) is 4.60. The Hall–Kier alpha value is -2.52. The van der Waals surface area contributed by atoms with E-state index < -0.39 is 0 Å². The van der Waals surface area contributed by atoms with Crippen LogP contribution in [0.2, 0.25) is 0 Å². The molecule has 3 rings (SSSR count). The molecule has 2 N–H and O–H groups in total. The molecule has 0 spiro atoms. The smallest absolute Gasteiger partial charge is 0.0799 e. The van der Waals surface area contributed by atoms with E-state index in [0.717, 1.165) is 11.3 Å². The second kappa shape index (κ2) is 5.63. The summed E-state index contributed by atoms with van der Waals surface area (Å²) in [4.78, 5) is 8.30. The summed E-state index contributed by atoms with van der Waals surface area (Å²) in [5.74, 6) is 0. The highest BCUT2D eigenvalue weighted by Gasteiger charge is 2.10.